The van der Waals surface area contributed by atoms with Crippen LogP contribution in [0.2, 0.25) is 5.02 Å². The largest absolute Gasteiger partial charge is 0.495 e. The van der Waals surface area contributed by atoms with Crippen LogP contribution in [0.1, 0.15) is 5.56 Å². The van der Waals surface area contributed by atoms with Gasteiger partial charge in [-0.25, -0.2) is 9.67 Å². The van der Waals surface area contributed by atoms with Gasteiger partial charge in [0.2, 0.25) is 0 Å². The Bertz CT molecular complexity index is 860. The van der Waals surface area contributed by atoms with E-state index in [1.54, 1.807) is 30.1 Å². The molecule has 1 aromatic heterocycles. The zero-order valence-electron chi connectivity index (χ0n) is 13.7. The molecule has 0 amide bonds. The van der Waals surface area contributed by atoms with Gasteiger partial charge >= 0.3 is 0 Å². The normalized spacial score (nSPS) is 11.4. The molecular formula is C18H18ClN5O. The highest BCUT2D eigenvalue weighted by molar-refractivity contribution is 6.32. The molecule has 0 aliphatic heterocycles. The second kappa shape index (κ2) is 7.72. The lowest BCUT2D eigenvalue weighted by atomic mass is 10.2. The Balaban J connectivity index is 1.62. The fourth-order valence-corrected chi connectivity index (χ4v) is 2.54. The third kappa shape index (κ3) is 4.30. The maximum atomic E-state index is 6.09. The average molecular weight is 356 g/mol. The molecule has 1 heterocycles. The van der Waals surface area contributed by atoms with Crippen LogP contribution in [-0.4, -0.2) is 22.8 Å². The Kier molecular flexibility index (Phi) is 5.20. The second-order valence-corrected chi connectivity index (χ2v) is 5.70. The summed E-state index contributed by atoms with van der Waals surface area (Å²) < 4.78 is 6.92. The Hall–Kier alpha value is -2.99. The van der Waals surface area contributed by atoms with Crippen LogP contribution in [0.15, 0.2) is 65.9 Å². The Labute approximate surface area is 150 Å². The van der Waals surface area contributed by atoms with E-state index >= 15 is 0 Å². The van der Waals surface area contributed by atoms with Crippen LogP contribution in [0.4, 0.5) is 5.69 Å². The third-order valence-electron chi connectivity index (χ3n) is 3.56. The lowest BCUT2D eigenvalue weighted by Crippen LogP contribution is -2.22. The molecule has 6 nitrogen and oxygen atoms in total. The molecule has 3 N–H and O–H groups in total. The highest BCUT2D eigenvalue weighted by Gasteiger charge is 2.03. The molecule has 0 saturated carbocycles. The number of anilines is 1. The smallest absolute Gasteiger partial charge is 0.193 e. The van der Waals surface area contributed by atoms with Crippen LogP contribution in [0.5, 0.6) is 5.75 Å². The summed E-state index contributed by atoms with van der Waals surface area (Å²) in [5.74, 6) is 0.928. The minimum Gasteiger partial charge on any atom is -0.495 e. The molecule has 0 unspecified atom stereocenters. The number of aromatic nitrogens is 2. The number of hydrogen-bond acceptors (Lipinski definition) is 3. The molecule has 0 spiro atoms. The van der Waals surface area contributed by atoms with E-state index < -0.39 is 0 Å². The predicted octanol–water partition coefficient (Wildman–Crippen LogP) is 3.46. The molecule has 0 bridgehead atoms. The van der Waals surface area contributed by atoms with Gasteiger partial charge in [-0.3, -0.25) is 0 Å². The topological polar surface area (TPSA) is 77.5 Å². The maximum Gasteiger partial charge on any atom is 0.193 e. The van der Waals surface area contributed by atoms with Crippen LogP contribution in [0, 0.1) is 0 Å². The summed E-state index contributed by atoms with van der Waals surface area (Å²) in [5.41, 5.74) is 8.73. The monoisotopic (exact) mass is 355 g/mol. The van der Waals surface area contributed by atoms with E-state index in [0.717, 1.165) is 16.9 Å². The van der Waals surface area contributed by atoms with Crippen molar-refractivity contribution in [1.82, 2.24) is 9.78 Å². The van der Waals surface area contributed by atoms with E-state index in [2.05, 4.69) is 15.4 Å². The van der Waals surface area contributed by atoms with E-state index in [0.29, 0.717) is 23.3 Å². The van der Waals surface area contributed by atoms with Crippen molar-refractivity contribution in [3.8, 4) is 11.4 Å². The number of nitrogens with one attached hydrogen (secondary N) is 1. The highest BCUT2D eigenvalue weighted by atomic mass is 35.5. The van der Waals surface area contributed by atoms with Gasteiger partial charge in [-0.2, -0.15) is 5.10 Å². The molecule has 0 aliphatic carbocycles. The van der Waals surface area contributed by atoms with Gasteiger partial charge in [0.05, 0.1) is 24.4 Å². The summed E-state index contributed by atoms with van der Waals surface area (Å²) in [6, 6.07) is 15.2. The molecule has 0 aliphatic rings. The van der Waals surface area contributed by atoms with Crippen LogP contribution in [-0.2, 0) is 6.54 Å². The van der Waals surface area contributed by atoms with Crippen molar-refractivity contribution in [1.29, 1.82) is 0 Å². The van der Waals surface area contributed by atoms with E-state index in [1.165, 1.54) is 0 Å². The number of nitrogens with two attached hydrogens (primary N) is 1. The minimum absolute atomic E-state index is 0.317. The summed E-state index contributed by atoms with van der Waals surface area (Å²) in [6.45, 7) is 0.474. The van der Waals surface area contributed by atoms with Gasteiger partial charge in [-0.1, -0.05) is 23.7 Å². The molecule has 25 heavy (non-hydrogen) atoms. The number of methoxy groups -OCH3 is 1. The predicted molar refractivity (Wildman–Crippen MR) is 101 cm³/mol. The van der Waals surface area contributed by atoms with Crippen molar-refractivity contribution in [2.75, 3.05) is 12.4 Å². The second-order valence-electron chi connectivity index (χ2n) is 5.29. The van der Waals surface area contributed by atoms with Crippen molar-refractivity contribution < 1.29 is 4.74 Å². The van der Waals surface area contributed by atoms with E-state index in [-0.39, 0.29) is 0 Å². The Morgan fingerprint density at radius 3 is 2.72 bits per heavy atom. The van der Waals surface area contributed by atoms with Gasteiger partial charge in [-0.15, -0.1) is 0 Å². The van der Waals surface area contributed by atoms with Crippen molar-refractivity contribution in [2.45, 2.75) is 6.54 Å². The fourth-order valence-electron chi connectivity index (χ4n) is 2.28. The summed E-state index contributed by atoms with van der Waals surface area (Å²) in [4.78, 5) is 4.34. The SMILES string of the molecule is COc1ccc(NC(N)=NCc2ccc(-n3cccn3)cc2)cc1Cl. The first-order valence-corrected chi connectivity index (χ1v) is 8.03. The molecule has 3 rings (SSSR count). The highest BCUT2D eigenvalue weighted by Crippen LogP contribution is 2.27. The molecule has 7 heteroatoms. The number of halogens is 1. The van der Waals surface area contributed by atoms with Gasteiger partial charge in [-0.05, 0) is 42.0 Å². The summed E-state index contributed by atoms with van der Waals surface area (Å²) in [6.07, 6.45) is 3.64. The Morgan fingerprint density at radius 1 is 1.28 bits per heavy atom. The zero-order chi connectivity index (χ0) is 17.6. The summed E-state index contributed by atoms with van der Waals surface area (Å²) in [5, 5.41) is 7.72. The number of ether oxygens (including phenoxy) is 1. The summed E-state index contributed by atoms with van der Waals surface area (Å²) >= 11 is 6.09. The molecule has 0 atom stereocenters. The van der Waals surface area contributed by atoms with Crippen molar-refractivity contribution in [3.63, 3.8) is 0 Å². The fraction of sp³-hybridized carbons (Fsp3) is 0.111. The van der Waals surface area contributed by atoms with Gasteiger partial charge in [0, 0.05) is 18.1 Å². The van der Waals surface area contributed by atoms with E-state index in [9.17, 15) is 0 Å². The zero-order valence-corrected chi connectivity index (χ0v) is 14.4. The lowest BCUT2D eigenvalue weighted by Gasteiger charge is -2.08. The van der Waals surface area contributed by atoms with Crippen LogP contribution < -0.4 is 15.8 Å². The molecule has 3 aromatic rings. The molecular weight excluding hydrogens is 338 g/mol. The van der Waals surface area contributed by atoms with Gasteiger partial charge in [0.15, 0.2) is 5.96 Å². The maximum absolute atomic E-state index is 6.09. The molecule has 0 fully saturated rings. The minimum atomic E-state index is 0.317. The number of nitrogens with zero attached hydrogens (tertiary/aromatic N) is 3. The molecule has 128 valence electrons. The lowest BCUT2D eigenvalue weighted by molar-refractivity contribution is 0.415. The third-order valence-corrected chi connectivity index (χ3v) is 3.86. The first-order valence-electron chi connectivity index (χ1n) is 7.65. The first kappa shape index (κ1) is 16.9. The first-order chi connectivity index (χ1) is 12.2. The Morgan fingerprint density at radius 2 is 2.08 bits per heavy atom. The van der Waals surface area contributed by atoms with Crippen molar-refractivity contribution >= 4 is 23.2 Å². The van der Waals surface area contributed by atoms with Crippen molar-refractivity contribution in [2.24, 2.45) is 10.7 Å². The van der Waals surface area contributed by atoms with E-state index in [4.69, 9.17) is 22.1 Å². The molecule has 0 saturated heterocycles. The number of guanidine groups is 1. The standard InChI is InChI=1S/C18H18ClN5O/c1-25-17-8-5-14(11-16(17)19)23-18(20)21-12-13-3-6-15(7-4-13)24-10-2-9-22-24/h2-11H,12H2,1H3,(H3,20,21,23). The number of rotatable bonds is 5. The van der Waals surface area contributed by atoms with Gasteiger partial charge in [0.1, 0.15) is 5.75 Å². The van der Waals surface area contributed by atoms with Crippen molar-refractivity contribution in [3.05, 3.63) is 71.5 Å². The quantitative estimate of drug-likeness (QED) is 0.542. The number of hydrogen-bond donors (Lipinski definition) is 2. The number of benzene rings is 2. The van der Waals surface area contributed by atoms with Gasteiger partial charge in [0.25, 0.3) is 0 Å². The average Bonchev–Trinajstić information content (AvgIpc) is 3.15. The van der Waals surface area contributed by atoms with Gasteiger partial charge < -0.3 is 15.8 Å². The van der Waals surface area contributed by atoms with Crippen LogP contribution >= 0.6 is 11.6 Å². The number of aliphatic imine (C=N–C) groups is 1. The summed E-state index contributed by atoms with van der Waals surface area (Å²) in [7, 11) is 1.57. The van der Waals surface area contributed by atoms with E-state index in [1.807, 2.05) is 42.6 Å². The molecule has 2 aromatic carbocycles. The molecule has 0 radical (unpaired) electrons. The van der Waals surface area contributed by atoms with Crippen LogP contribution in [0.3, 0.4) is 0 Å². The van der Waals surface area contributed by atoms with Crippen LogP contribution in [0.25, 0.3) is 5.69 Å².